The number of anilines is 1. The number of nitrogens with zero attached hydrogens (tertiary/aromatic N) is 2. The summed E-state index contributed by atoms with van der Waals surface area (Å²) in [6.45, 7) is 2.25. The van der Waals surface area contributed by atoms with Crippen molar-refractivity contribution in [1.82, 2.24) is 15.2 Å². The van der Waals surface area contributed by atoms with Gasteiger partial charge in [-0.2, -0.15) is 0 Å². The van der Waals surface area contributed by atoms with E-state index >= 15 is 0 Å². The Bertz CT molecular complexity index is 1270. The third-order valence-electron chi connectivity index (χ3n) is 6.77. The zero-order valence-corrected chi connectivity index (χ0v) is 17.1. The number of para-hydroxylation sites is 2. The number of carbonyl (C=O) groups is 3. The summed E-state index contributed by atoms with van der Waals surface area (Å²) in [6, 6.07) is 14.6. The molecule has 31 heavy (non-hydrogen) atoms. The first-order valence-electron chi connectivity index (χ1n) is 10.7. The molecule has 4 amide bonds. The number of hydrogen-bond acceptors (Lipinski definition) is 3. The second-order valence-electron chi connectivity index (χ2n) is 8.69. The summed E-state index contributed by atoms with van der Waals surface area (Å²) in [4.78, 5) is 46.3. The Morgan fingerprint density at radius 1 is 1.10 bits per heavy atom. The Hall–Kier alpha value is -3.61. The van der Waals surface area contributed by atoms with E-state index in [2.05, 4.69) is 10.3 Å². The largest absolute Gasteiger partial charge is 0.356 e. The lowest BCUT2D eigenvalue weighted by atomic mass is 9.87. The maximum absolute atomic E-state index is 13.8. The first-order valence-corrected chi connectivity index (χ1v) is 10.7. The van der Waals surface area contributed by atoms with Gasteiger partial charge < -0.3 is 15.2 Å². The maximum Gasteiger partial charge on any atom is 0.332 e. The number of benzene rings is 2. The number of carbonyl (C=O) groups excluding carboxylic acids is 3. The third kappa shape index (κ3) is 2.43. The smallest absolute Gasteiger partial charge is 0.332 e. The van der Waals surface area contributed by atoms with E-state index in [9.17, 15) is 14.4 Å². The minimum atomic E-state index is -1.14. The molecule has 2 aliphatic heterocycles. The molecule has 2 fully saturated rings. The van der Waals surface area contributed by atoms with E-state index in [0.29, 0.717) is 24.2 Å². The Labute approximate surface area is 179 Å². The van der Waals surface area contributed by atoms with Crippen molar-refractivity contribution >= 4 is 34.4 Å². The number of imide groups is 1. The van der Waals surface area contributed by atoms with Crippen molar-refractivity contribution in [3.63, 3.8) is 0 Å². The summed E-state index contributed by atoms with van der Waals surface area (Å²) in [5.74, 6) is -0.586. The minimum absolute atomic E-state index is 0.184. The van der Waals surface area contributed by atoms with Crippen molar-refractivity contribution in [2.75, 3.05) is 11.4 Å². The molecule has 3 heterocycles. The lowest BCUT2D eigenvalue weighted by Gasteiger charge is -2.35. The highest BCUT2D eigenvalue weighted by Crippen LogP contribution is 2.45. The van der Waals surface area contributed by atoms with Gasteiger partial charge >= 0.3 is 6.03 Å². The van der Waals surface area contributed by atoms with Crippen LogP contribution in [0.5, 0.6) is 0 Å². The predicted octanol–water partition coefficient (Wildman–Crippen LogP) is 3.30. The number of amides is 4. The first kappa shape index (κ1) is 18.2. The average molecular weight is 414 g/mol. The van der Waals surface area contributed by atoms with E-state index in [0.717, 1.165) is 35.0 Å². The zero-order valence-electron chi connectivity index (χ0n) is 17.1. The van der Waals surface area contributed by atoms with E-state index < -0.39 is 5.54 Å². The van der Waals surface area contributed by atoms with Crippen molar-refractivity contribution in [3.8, 4) is 0 Å². The molecule has 6 rings (SSSR count). The number of fused-ring (bicyclic) bond motifs is 5. The summed E-state index contributed by atoms with van der Waals surface area (Å²) < 4.78 is 0. The fourth-order valence-corrected chi connectivity index (χ4v) is 4.96. The number of urea groups is 1. The van der Waals surface area contributed by atoms with E-state index in [1.807, 2.05) is 24.3 Å². The van der Waals surface area contributed by atoms with Crippen molar-refractivity contribution < 1.29 is 14.4 Å². The second kappa shape index (κ2) is 6.20. The first-order chi connectivity index (χ1) is 15.0. The Morgan fingerprint density at radius 2 is 1.84 bits per heavy atom. The van der Waals surface area contributed by atoms with Gasteiger partial charge in [0.2, 0.25) is 0 Å². The third-order valence-corrected chi connectivity index (χ3v) is 6.77. The van der Waals surface area contributed by atoms with Crippen LogP contribution in [0.2, 0.25) is 0 Å². The highest BCUT2D eigenvalue weighted by atomic mass is 16.2. The molecule has 2 aromatic carbocycles. The molecule has 0 spiro atoms. The molecule has 1 atom stereocenters. The lowest BCUT2D eigenvalue weighted by molar-refractivity contribution is -0.125. The van der Waals surface area contributed by atoms with Crippen LogP contribution < -0.4 is 10.2 Å². The number of aromatic amines is 1. The van der Waals surface area contributed by atoms with Gasteiger partial charge in [-0.1, -0.05) is 30.3 Å². The number of nitrogens with one attached hydrogen (secondary N) is 2. The number of hydrogen-bond donors (Lipinski definition) is 2. The molecule has 156 valence electrons. The summed E-state index contributed by atoms with van der Waals surface area (Å²) in [6.07, 6.45) is 2.60. The van der Waals surface area contributed by atoms with Crippen molar-refractivity contribution in [2.45, 2.75) is 37.8 Å². The quantitative estimate of drug-likeness (QED) is 0.645. The normalized spacial score (nSPS) is 22.6. The van der Waals surface area contributed by atoms with Crippen LogP contribution in [0.15, 0.2) is 48.5 Å². The van der Waals surface area contributed by atoms with Crippen molar-refractivity contribution in [1.29, 1.82) is 0 Å². The zero-order chi connectivity index (χ0) is 21.3. The Kier molecular flexibility index (Phi) is 3.64. The second-order valence-corrected chi connectivity index (χ2v) is 8.69. The molecule has 0 unspecified atom stereocenters. The van der Waals surface area contributed by atoms with E-state index in [1.54, 1.807) is 36.1 Å². The minimum Gasteiger partial charge on any atom is -0.356 e. The standard InChI is InChI=1S/C24H22N4O3/c1-24-20-16(15-6-2-4-8-18(15)26-20)12-13-27(24)23(31)28(22(24)30)19-9-5-3-7-17(19)21(29)25-14-10-11-14/h2-9,14,26H,10-13H2,1H3,(H,25,29)/t24-/m1/s1. The molecule has 0 radical (unpaired) electrons. The monoisotopic (exact) mass is 414 g/mol. The van der Waals surface area contributed by atoms with Gasteiger partial charge in [0.15, 0.2) is 5.54 Å². The van der Waals surface area contributed by atoms with Crippen LogP contribution in [-0.4, -0.2) is 40.3 Å². The summed E-state index contributed by atoms with van der Waals surface area (Å²) in [5.41, 5.74) is 2.35. The van der Waals surface area contributed by atoms with Gasteiger partial charge in [0.05, 0.1) is 16.9 Å². The maximum atomic E-state index is 13.8. The van der Waals surface area contributed by atoms with Gasteiger partial charge in [-0.25, -0.2) is 9.69 Å². The molecule has 1 saturated heterocycles. The summed E-state index contributed by atoms with van der Waals surface area (Å²) in [7, 11) is 0. The molecular formula is C24H22N4O3. The van der Waals surface area contributed by atoms with E-state index in [1.165, 1.54) is 4.90 Å². The number of rotatable bonds is 3. The summed E-state index contributed by atoms with van der Waals surface area (Å²) in [5, 5.41) is 4.05. The average Bonchev–Trinajstić information content (AvgIpc) is 3.46. The number of H-pyrrole nitrogens is 1. The number of aromatic nitrogens is 1. The molecule has 1 saturated carbocycles. The Morgan fingerprint density at radius 3 is 2.65 bits per heavy atom. The molecule has 7 nitrogen and oxygen atoms in total. The predicted molar refractivity (Wildman–Crippen MR) is 116 cm³/mol. The van der Waals surface area contributed by atoms with Crippen molar-refractivity contribution in [2.24, 2.45) is 0 Å². The highest BCUT2D eigenvalue weighted by Gasteiger charge is 2.59. The molecule has 3 aromatic rings. The van der Waals surface area contributed by atoms with Crippen LogP contribution in [-0.2, 0) is 16.8 Å². The van der Waals surface area contributed by atoms with Gasteiger partial charge in [0, 0.05) is 23.5 Å². The molecule has 2 N–H and O–H groups in total. The lowest BCUT2D eigenvalue weighted by Crippen LogP contribution is -2.49. The SMILES string of the molecule is C[C@@]12C(=O)N(c3ccccc3C(=O)NC3CC3)C(=O)N1CCc1c2[nH]c2ccccc12. The fraction of sp³-hybridized carbons (Fsp3) is 0.292. The van der Waals surface area contributed by atoms with Crippen LogP contribution in [0, 0.1) is 0 Å². The van der Waals surface area contributed by atoms with Crippen LogP contribution >= 0.6 is 0 Å². The van der Waals surface area contributed by atoms with Crippen LogP contribution in [0.4, 0.5) is 10.5 Å². The van der Waals surface area contributed by atoms with E-state index in [-0.39, 0.29) is 23.9 Å². The van der Waals surface area contributed by atoms with Crippen LogP contribution in [0.25, 0.3) is 10.9 Å². The van der Waals surface area contributed by atoms with Gasteiger partial charge in [0.25, 0.3) is 11.8 Å². The molecule has 0 bridgehead atoms. The van der Waals surface area contributed by atoms with Gasteiger partial charge in [-0.05, 0) is 49.9 Å². The van der Waals surface area contributed by atoms with Gasteiger partial charge in [-0.15, -0.1) is 0 Å². The molecule has 7 heteroatoms. The molecular weight excluding hydrogens is 392 g/mol. The fourth-order valence-electron chi connectivity index (χ4n) is 4.96. The van der Waals surface area contributed by atoms with Gasteiger partial charge in [-0.3, -0.25) is 9.59 Å². The topological polar surface area (TPSA) is 85.5 Å². The van der Waals surface area contributed by atoms with Crippen LogP contribution in [0.3, 0.4) is 0 Å². The van der Waals surface area contributed by atoms with Gasteiger partial charge in [0.1, 0.15) is 0 Å². The van der Waals surface area contributed by atoms with E-state index in [4.69, 9.17) is 0 Å². The molecule has 3 aliphatic rings. The highest BCUT2D eigenvalue weighted by molar-refractivity contribution is 6.25. The molecule has 1 aromatic heterocycles. The molecule has 1 aliphatic carbocycles. The van der Waals surface area contributed by atoms with Crippen LogP contribution in [0.1, 0.15) is 41.4 Å². The van der Waals surface area contributed by atoms with Crippen molar-refractivity contribution in [3.05, 3.63) is 65.4 Å². The summed E-state index contributed by atoms with van der Waals surface area (Å²) >= 11 is 0. The Balaban J connectivity index is 1.47.